The van der Waals surface area contributed by atoms with Crippen molar-refractivity contribution in [3.8, 4) is 10.4 Å². The lowest BCUT2D eigenvalue weighted by atomic mass is 9.79. The maximum atomic E-state index is 2.42. The van der Waals surface area contributed by atoms with Crippen molar-refractivity contribution in [2.75, 3.05) is 0 Å². The van der Waals surface area contributed by atoms with Crippen LogP contribution in [0.5, 0.6) is 0 Å². The van der Waals surface area contributed by atoms with E-state index in [4.69, 9.17) is 0 Å². The SMILES string of the molecule is CCCC(C)(C)C1=CCC=c2cc3cc(-c4ccc(C)s4)ccc3cc2=C1. The maximum absolute atomic E-state index is 2.42. The van der Waals surface area contributed by atoms with E-state index in [-0.39, 0.29) is 5.41 Å². The summed E-state index contributed by atoms with van der Waals surface area (Å²) >= 11 is 1.87. The third-order valence-electron chi connectivity index (χ3n) is 5.71. The second kappa shape index (κ2) is 7.13. The van der Waals surface area contributed by atoms with Crippen molar-refractivity contribution in [1.29, 1.82) is 0 Å². The molecular weight excluding hydrogens is 344 g/mol. The molecule has 1 heterocycles. The first-order valence-corrected chi connectivity index (χ1v) is 10.8. The Morgan fingerprint density at radius 3 is 2.48 bits per heavy atom. The van der Waals surface area contributed by atoms with Crippen LogP contribution in [0.2, 0.25) is 0 Å². The fraction of sp³-hybridized carbons (Fsp3) is 0.308. The monoisotopic (exact) mass is 372 g/mol. The fourth-order valence-electron chi connectivity index (χ4n) is 4.16. The van der Waals surface area contributed by atoms with Crippen molar-refractivity contribution in [3.63, 3.8) is 0 Å². The van der Waals surface area contributed by atoms with Crippen LogP contribution < -0.4 is 10.4 Å². The summed E-state index contributed by atoms with van der Waals surface area (Å²) in [6.07, 6.45) is 10.7. The van der Waals surface area contributed by atoms with Crippen molar-refractivity contribution in [3.05, 3.63) is 69.4 Å². The molecule has 1 aliphatic rings. The van der Waals surface area contributed by atoms with E-state index in [1.54, 1.807) is 0 Å². The van der Waals surface area contributed by atoms with E-state index in [1.807, 2.05) is 11.3 Å². The third-order valence-corrected chi connectivity index (χ3v) is 6.76. The van der Waals surface area contributed by atoms with Gasteiger partial charge < -0.3 is 0 Å². The first kappa shape index (κ1) is 18.3. The van der Waals surface area contributed by atoms with Gasteiger partial charge in [-0.3, -0.25) is 0 Å². The lowest BCUT2D eigenvalue weighted by molar-refractivity contribution is 0.415. The van der Waals surface area contributed by atoms with Crippen LogP contribution in [0.4, 0.5) is 0 Å². The number of thiophene rings is 1. The molecule has 0 atom stereocenters. The van der Waals surface area contributed by atoms with E-state index in [0.717, 1.165) is 6.42 Å². The van der Waals surface area contributed by atoms with Crippen LogP contribution in [0.25, 0.3) is 33.4 Å². The molecule has 0 amide bonds. The van der Waals surface area contributed by atoms with Crippen LogP contribution in [0.1, 0.15) is 44.9 Å². The van der Waals surface area contributed by atoms with Gasteiger partial charge in [-0.25, -0.2) is 0 Å². The lowest BCUT2D eigenvalue weighted by Gasteiger charge is -2.25. The zero-order valence-corrected chi connectivity index (χ0v) is 17.6. The van der Waals surface area contributed by atoms with Gasteiger partial charge in [0, 0.05) is 9.75 Å². The number of hydrogen-bond donors (Lipinski definition) is 0. The molecular formula is C26H28S. The minimum Gasteiger partial charge on any atom is -0.141 e. The molecule has 0 bridgehead atoms. The van der Waals surface area contributed by atoms with Gasteiger partial charge in [-0.05, 0) is 87.9 Å². The van der Waals surface area contributed by atoms with Crippen LogP contribution in [0.3, 0.4) is 0 Å². The molecule has 0 nitrogen and oxygen atoms in total. The Morgan fingerprint density at radius 1 is 0.926 bits per heavy atom. The van der Waals surface area contributed by atoms with Crippen molar-refractivity contribution in [2.24, 2.45) is 5.41 Å². The molecule has 0 saturated carbocycles. The van der Waals surface area contributed by atoms with Gasteiger partial charge in [0.25, 0.3) is 0 Å². The number of allylic oxidation sites excluding steroid dienone is 2. The summed E-state index contributed by atoms with van der Waals surface area (Å²) in [7, 11) is 0. The van der Waals surface area contributed by atoms with Crippen molar-refractivity contribution < 1.29 is 0 Å². The highest BCUT2D eigenvalue weighted by Crippen LogP contribution is 2.33. The van der Waals surface area contributed by atoms with Gasteiger partial charge in [0.05, 0.1) is 0 Å². The van der Waals surface area contributed by atoms with E-state index in [0.29, 0.717) is 0 Å². The number of fused-ring (bicyclic) bond motifs is 2. The largest absolute Gasteiger partial charge is 0.141 e. The second-order valence-electron chi connectivity index (χ2n) is 8.33. The van der Waals surface area contributed by atoms with Gasteiger partial charge in [-0.15, -0.1) is 11.3 Å². The molecule has 1 aliphatic carbocycles. The highest BCUT2D eigenvalue weighted by Gasteiger charge is 2.20. The molecule has 0 spiro atoms. The average molecular weight is 373 g/mol. The first-order valence-electron chi connectivity index (χ1n) is 9.99. The molecule has 0 fully saturated rings. The van der Waals surface area contributed by atoms with E-state index < -0.39 is 0 Å². The van der Waals surface area contributed by atoms with E-state index in [9.17, 15) is 0 Å². The standard InChI is InChI=1S/C26H28S/c1-5-13-26(3,4)24-8-6-7-19-14-22-16-21(25-12-9-18(2)27-25)11-10-20(22)15-23(19)17-24/h7-12,14-17H,5-6,13H2,1-4H3. The third kappa shape index (κ3) is 3.66. The van der Waals surface area contributed by atoms with Crippen LogP contribution >= 0.6 is 11.3 Å². The summed E-state index contributed by atoms with van der Waals surface area (Å²) in [5.74, 6) is 0. The Bertz CT molecular complexity index is 1140. The molecule has 0 unspecified atom stereocenters. The molecule has 0 aliphatic heterocycles. The smallest absolute Gasteiger partial charge is 0.0345 e. The summed E-state index contributed by atoms with van der Waals surface area (Å²) in [4.78, 5) is 2.72. The number of aryl methyl sites for hydroxylation is 1. The van der Waals surface area contributed by atoms with Gasteiger partial charge >= 0.3 is 0 Å². The van der Waals surface area contributed by atoms with Crippen LogP contribution in [-0.2, 0) is 0 Å². The molecule has 0 radical (unpaired) electrons. The minimum atomic E-state index is 0.236. The maximum Gasteiger partial charge on any atom is 0.0345 e. The van der Waals surface area contributed by atoms with Gasteiger partial charge in [-0.1, -0.05) is 57.6 Å². The molecule has 0 N–H and O–H groups in total. The average Bonchev–Trinajstić information content (AvgIpc) is 2.95. The molecule has 2 aromatic carbocycles. The van der Waals surface area contributed by atoms with Gasteiger partial charge in [0.1, 0.15) is 0 Å². The number of rotatable bonds is 4. The van der Waals surface area contributed by atoms with Gasteiger partial charge in [-0.2, -0.15) is 0 Å². The summed E-state index contributed by atoms with van der Waals surface area (Å²) < 4.78 is 0. The molecule has 1 aromatic heterocycles. The number of benzene rings is 2. The number of hydrogen-bond acceptors (Lipinski definition) is 1. The zero-order valence-electron chi connectivity index (χ0n) is 16.8. The van der Waals surface area contributed by atoms with E-state index in [2.05, 4.69) is 88.4 Å². The Hall–Kier alpha value is -2.12. The normalized spacial score (nSPS) is 14.1. The van der Waals surface area contributed by atoms with Crippen LogP contribution in [-0.4, -0.2) is 0 Å². The summed E-state index contributed by atoms with van der Waals surface area (Å²) in [5.41, 5.74) is 3.03. The first-order chi connectivity index (χ1) is 13.0. The molecule has 0 saturated heterocycles. The Labute approximate surface area is 166 Å². The summed E-state index contributed by atoms with van der Waals surface area (Å²) in [6, 6.07) is 16.1. The highest BCUT2D eigenvalue weighted by atomic mass is 32.1. The molecule has 27 heavy (non-hydrogen) atoms. The van der Waals surface area contributed by atoms with Crippen molar-refractivity contribution in [1.82, 2.24) is 0 Å². The molecule has 138 valence electrons. The molecule has 1 heteroatoms. The van der Waals surface area contributed by atoms with E-state index in [1.165, 1.54) is 54.9 Å². The van der Waals surface area contributed by atoms with Crippen molar-refractivity contribution in [2.45, 2.75) is 47.0 Å². The lowest BCUT2D eigenvalue weighted by Crippen LogP contribution is -2.25. The zero-order chi connectivity index (χ0) is 19.0. The Kier molecular flexibility index (Phi) is 4.82. The predicted octanol–water partition coefficient (Wildman–Crippen LogP) is 6.59. The van der Waals surface area contributed by atoms with Crippen molar-refractivity contribution >= 4 is 34.3 Å². The summed E-state index contributed by atoms with van der Waals surface area (Å²) in [5, 5.41) is 5.37. The predicted molar refractivity (Wildman–Crippen MR) is 122 cm³/mol. The van der Waals surface area contributed by atoms with E-state index >= 15 is 0 Å². The Balaban J connectivity index is 1.82. The molecule has 4 rings (SSSR count). The Morgan fingerprint density at radius 2 is 1.74 bits per heavy atom. The fourth-order valence-corrected chi connectivity index (χ4v) is 5.02. The molecule has 3 aromatic rings. The highest BCUT2D eigenvalue weighted by molar-refractivity contribution is 7.15. The topological polar surface area (TPSA) is 0 Å². The van der Waals surface area contributed by atoms with Gasteiger partial charge in [0.15, 0.2) is 0 Å². The minimum absolute atomic E-state index is 0.236. The quantitative estimate of drug-likeness (QED) is 0.484. The van der Waals surface area contributed by atoms with Crippen LogP contribution in [0, 0.1) is 12.3 Å². The second-order valence-corrected chi connectivity index (χ2v) is 9.62. The van der Waals surface area contributed by atoms with Crippen LogP contribution in [0.15, 0.2) is 54.1 Å². The van der Waals surface area contributed by atoms with Gasteiger partial charge in [0.2, 0.25) is 0 Å². The summed E-state index contributed by atoms with van der Waals surface area (Å²) in [6.45, 7) is 9.20.